The Balaban J connectivity index is 1.79. The maximum absolute atomic E-state index is 12.5. The van der Waals surface area contributed by atoms with Crippen molar-refractivity contribution in [3.05, 3.63) is 95.1 Å². The van der Waals surface area contributed by atoms with Crippen LogP contribution in [0.2, 0.25) is 0 Å². The van der Waals surface area contributed by atoms with Crippen LogP contribution in [0.5, 0.6) is 0 Å². The number of rotatable bonds is 3. The maximum Gasteiger partial charge on any atom is 0.258 e. The second-order valence-corrected chi connectivity index (χ2v) is 9.22. The number of nitrogens with zero attached hydrogens (tertiary/aromatic N) is 1. The number of hydrogen-bond donors (Lipinski definition) is 0. The summed E-state index contributed by atoms with van der Waals surface area (Å²) in [6, 6.07) is 24.2. The molecule has 0 saturated carbocycles. The summed E-state index contributed by atoms with van der Waals surface area (Å²) in [5, 5.41) is 12.5. The van der Waals surface area contributed by atoms with Gasteiger partial charge in [-0.15, -0.1) is 0 Å². The van der Waals surface area contributed by atoms with Crippen molar-refractivity contribution in [2.45, 2.75) is 38.8 Å². The van der Waals surface area contributed by atoms with Crippen LogP contribution in [0.4, 0.5) is 4.79 Å². The van der Waals surface area contributed by atoms with Crippen molar-refractivity contribution in [1.29, 1.82) is 0 Å². The molecule has 1 aliphatic carbocycles. The highest BCUT2D eigenvalue weighted by Gasteiger charge is 2.43. The molecule has 29 heavy (non-hydrogen) atoms. The first-order chi connectivity index (χ1) is 13.7. The summed E-state index contributed by atoms with van der Waals surface area (Å²) in [7, 11) is 1.77. The van der Waals surface area contributed by atoms with Gasteiger partial charge in [-0.1, -0.05) is 93.6 Å². The molecular formula is C26H27NO2. The average molecular weight is 386 g/mol. The zero-order chi connectivity index (χ0) is 20.8. The van der Waals surface area contributed by atoms with E-state index in [1.54, 1.807) is 7.05 Å². The summed E-state index contributed by atoms with van der Waals surface area (Å²) >= 11 is 0. The van der Waals surface area contributed by atoms with E-state index in [4.69, 9.17) is 0 Å². The number of quaternary nitrogens is 1. The van der Waals surface area contributed by atoms with Crippen LogP contribution in [0.3, 0.4) is 0 Å². The van der Waals surface area contributed by atoms with E-state index in [2.05, 4.69) is 45.0 Å². The molecule has 1 aliphatic rings. The number of amides is 1. The highest BCUT2D eigenvalue weighted by molar-refractivity contribution is 5.78. The SMILES string of the molecule is CC(C)(C)c1ccc(C[N+](C)(C(=O)[O-])C2c3ccccc3-c3ccccc32)cc1. The molecule has 1 amide bonds. The molecule has 0 spiro atoms. The summed E-state index contributed by atoms with van der Waals surface area (Å²) in [4.78, 5) is 12.5. The highest BCUT2D eigenvalue weighted by Crippen LogP contribution is 2.49. The zero-order valence-electron chi connectivity index (χ0n) is 17.5. The summed E-state index contributed by atoms with van der Waals surface area (Å²) < 4.78 is -0.219. The lowest BCUT2D eigenvalue weighted by Gasteiger charge is -2.40. The Labute approximate surface area is 172 Å². The third kappa shape index (κ3) is 3.26. The Morgan fingerprint density at radius 2 is 1.34 bits per heavy atom. The van der Waals surface area contributed by atoms with E-state index in [1.165, 1.54) is 5.56 Å². The van der Waals surface area contributed by atoms with Crippen LogP contribution in [0.15, 0.2) is 72.8 Å². The topological polar surface area (TPSA) is 40.1 Å². The molecule has 0 aliphatic heterocycles. The van der Waals surface area contributed by atoms with Gasteiger partial charge in [-0.05, 0) is 22.1 Å². The lowest BCUT2D eigenvalue weighted by Crippen LogP contribution is -2.57. The Morgan fingerprint density at radius 3 is 1.79 bits per heavy atom. The third-order valence-corrected chi connectivity index (χ3v) is 6.12. The van der Waals surface area contributed by atoms with Crippen molar-refractivity contribution >= 4 is 6.09 Å². The van der Waals surface area contributed by atoms with Gasteiger partial charge in [0.15, 0.2) is 0 Å². The molecule has 0 heterocycles. The van der Waals surface area contributed by atoms with Crippen LogP contribution in [0.25, 0.3) is 11.1 Å². The van der Waals surface area contributed by atoms with Crippen LogP contribution in [-0.4, -0.2) is 17.6 Å². The Kier molecular flexibility index (Phi) is 4.59. The van der Waals surface area contributed by atoms with E-state index in [0.29, 0.717) is 6.54 Å². The van der Waals surface area contributed by atoms with E-state index >= 15 is 0 Å². The predicted octanol–water partition coefficient (Wildman–Crippen LogP) is 5.04. The smallest absolute Gasteiger partial charge is 0.258 e. The average Bonchev–Trinajstić information content (AvgIpc) is 3.02. The lowest BCUT2D eigenvalue weighted by molar-refractivity contribution is -0.893. The number of benzene rings is 3. The van der Waals surface area contributed by atoms with E-state index in [-0.39, 0.29) is 15.9 Å². The van der Waals surface area contributed by atoms with Gasteiger partial charge in [0.05, 0.1) is 7.05 Å². The molecule has 4 rings (SSSR count). The van der Waals surface area contributed by atoms with Crippen LogP contribution in [0, 0.1) is 0 Å². The Morgan fingerprint density at radius 1 is 0.862 bits per heavy atom. The normalized spacial score (nSPS) is 15.4. The molecule has 0 fully saturated rings. The number of fused-ring (bicyclic) bond motifs is 3. The van der Waals surface area contributed by atoms with Gasteiger partial charge in [0, 0.05) is 16.7 Å². The minimum Gasteiger partial charge on any atom is -0.498 e. The first kappa shape index (κ1) is 19.4. The standard InChI is InChI=1S/C26H27NO2/c1-26(2,3)19-15-13-18(14-16-19)17-27(4,25(28)29)24-22-11-7-5-9-20(22)21-10-6-8-12-23(21)24/h5-16,24H,17H2,1-4H3. The first-order valence-electron chi connectivity index (χ1n) is 10.1. The van der Waals surface area contributed by atoms with Crippen molar-refractivity contribution in [2.75, 3.05) is 7.05 Å². The van der Waals surface area contributed by atoms with Gasteiger partial charge in [-0.2, -0.15) is 0 Å². The monoisotopic (exact) mass is 385 g/mol. The van der Waals surface area contributed by atoms with Gasteiger partial charge in [0.25, 0.3) is 6.09 Å². The summed E-state index contributed by atoms with van der Waals surface area (Å²) in [5.74, 6) is 0. The summed E-state index contributed by atoms with van der Waals surface area (Å²) in [5.41, 5.74) is 6.61. The lowest BCUT2D eigenvalue weighted by atomic mass is 9.86. The molecule has 3 nitrogen and oxygen atoms in total. The molecule has 0 saturated heterocycles. The number of hydrogen-bond acceptors (Lipinski definition) is 2. The van der Waals surface area contributed by atoms with Crippen molar-refractivity contribution in [2.24, 2.45) is 0 Å². The Hall–Kier alpha value is -2.91. The fourth-order valence-electron chi connectivity index (χ4n) is 4.49. The van der Waals surface area contributed by atoms with Crippen LogP contribution >= 0.6 is 0 Å². The minimum absolute atomic E-state index is 0.0639. The van der Waals surface area contributed by atoms with Gasteiger partial charge < -0.3 is 9.90 Å². The van der Waals surface area contributed by atoms with Gasteiger partial charge in [-0.25, -0.2) is 0 Å². The van der Waals surface area contributed by atoms with Crippen molar-refractivity contribution < 1.29 is 14.4 Å². The van der Waals surface area contributed by atoms with Crippen molar-refractivity contribution in [1.82, 2.24) is 0 Å². The summed E-state index contributed by atoms with van der Waals surface area (Å²) in [6.45, 7) is 6.89. The molecule has 3 aromatic rings. The molecule has 1 atom stereocenters. The number of carbonyl (C=O) groups is 1. The number of carboxylic acid groups (broad SMARTS) is 1. The molecule has 0 aromatic heterocycles. The molecule has 3 heteroatoms. The van der Waals surface area contributed by atoms with Gasteiger partial charge in [0.1, 0.15) is 12.6 Å². The van der Waals surface area contributed by atoms with E-state index < -0.39 is 6.09 Å². The number of carbonyl (C=O) groups excluding carboxylic acids is 1. The molecule has 148 valence electrons. The van der Waals surface area contributed by atoms with Gasteiger partial charge in [0.2, 0.25) is 0 Å². The van der Waals surface area contributed by atoms with Crippen LogP contribution in [0.1, 0.15) is 49.1 Å². The molecule has 0 bridgehead atoms. The maximum atomic E-state index is 12.5. The highest BCUT2D eigenvalue weighted by atomic mass is 16.4. The minimum atomic E-state index is -1.07. The summed E-state index contributed by atoms with van der Waals surface area (Å²) in [6.07, 6.45) is -1.07. The predicted molar refractivity (Wildman–Crippen MR) is 114 cm³/mol. The third-order valence-electron chi connectivity index (χ3n) is 6.12. The van der Waals surface area contributed by atoms with Crippen molar-refractivity contribution in [3.63, 3.8) is 0 Å². The second-order valence-electron chi connectivity index (χ2n) is 9.22. The van der Waals surface area contributed by atoms with E-state index in [0.717, 1.165) is 27.8 Å². The van der Waals surface area contributed by atoms with E-state index in [9.17, 15) is 9.90 Å². The van der Waals surface area contributed by atoms with Gasteiger partial charge >= 0.3 is 0 Å². The molecule has 0 N–H and O–H groups in total. The first-order valence-corrected chi connectivity index (χ1v) is 10.1. The van der Waals surface area contributed by atoms with E-state index in [1.807, 2.05) is 48.5 Å². The largest absolute Gasteiger partial charge is 0.498 e. The fraction of sp³-hybridized carbons (Fsp3) is 0.269. The zero-order valence-corrected chi connectivity index (χ0v) is 17.5. The van der Waals surface area contributed by atoms with Crippen LogP contribution < -0.4 is 5.11 Å². The fourth-order valence-corrected chi connectivity index (χ4v) is 4.49. The van der Waals surface area contributed by atoms with Crippen molar-refractivity contribution in [3.8, 4) is 11.1 Å². The second kappa shape index (κ2) is 6.85. The molecule has 1 unspecified atom stereocenters. The van der Waals surface area contributed by atoms with Gasteiger partial charge in [-0.3, -0.25) is 4.48 Å². The molecule has 3 aromatic carbocycles. The molecular weight excluding hydrogens is 358 g/mol. The van der Waals surface area contributed by atoms with Crippen LogP contribution in [-0.2, 0) is 12.0 Å². The quantitative estimate of drug-likeness (QED) is 0.592. The Bertz CT molecular complexity index is 1020. The molecule has 0 radical (unpaired) electrons.